The molecule has 0 spiro atoms. The van der Waals surface area contributed by atoms with Crippen LogP contribution in [-0.4, -0.2) is 29.9 Å². The first kappa shape index (κ1) is 12.6. The van der Waals surface area contributed by atoms with Gasteiger partial charge in [-0.2, -0.15) is 0 Å². The van der Waals surface area contributed by atoms with Gasteiger partial charge in [0.1, 0.15) is 0 Å². The molecule has 2 heterocycles. The summed E-state index contributed by atoms with van der Waals surface area (Å²) in [5.41, 5.74) is 5.72. The minimum absolute atomic E-state index is 0.157. The lowest BCUT2D eigenvalue weighted by Gasteiger charge is -2.20. The van der Waals surface area contributed by atoms with Gasteiger partial charge < -0.3 is 10.6 Å². The van der Waals surface area contributed by atoms with Crippen molar-refractivity contribution >= 4 is 27.3 Å². The predicted octanol–water partition coefficient (Wildman–Crippen LogP) is 2.71. The van der Waals surface area contributed by atoms with Crippen molar-refractivity contribution in [3.8, 4) is 0 Å². The molecule has 1 aromatic heterocycles. The molecule has 1 aliphatic rings. The van der Waals surface area contributed by atoms with Crippen LogP contribution in [0.25, 0.3) is 10.1 Å². The van der Waals surface area contributed by atoms with Crippen LogP contribution in [0.4, 0.5) is 0 Å². The van der Waals surface area contributed by atoms with Crippen LogP contribution in [0.3, 0.4) is 0 Å². The first-order valence-electron chi connectivity index (χ1n) is 6.68. The first-order valence-corrected chi connectivity index (χ1v) is 7.50. The van der Waals surface area contributed by atoms with Gasteiger partial charge in [-0.25, -0.2) is 0 Å². The van der Waals surface area contributed by atoms with Crippen LogP contribution in [0, 0.1) is 5.92 Å². The predicted molar refractivity (Wildman–Crippen MR) is 79.5 cm³/mol. The minimum Gasteiger partial charge on any atom is -0.335 e. The lowest BCUT2D eigenvalue weighted by atomic mass is 10.1. The van der Waals surface area contributed by atoms with E-state index in [1.165, 1.54) is 4.70 Å². The Morgan fingerprint density at radius 3 is 2.95 bits per heavy atom. The van der Waals surface area contributed by atoms with Crippen LogP contribution >= 0.6 is 11.3 Å². The zero-order valence-electron chi connectivity index (χ0n) is 11.0. The normalized spacial score (nSPS) is 23.2. The molecule has 2 unspecified atom stereocenters. The summed E-state index contributed by atoms with van der Waals surface area (Å²) in [4.78, 5) is 15.4. The summed E-state index contributed by atoms with van der Waals surface area (Å²) in [6.07, 6.45) is 1.02. The number of carbonyl (C=O) groups excluding carboxylic acids is 1. The molecule has 1 amide bonds. The van der Waals surface area contributed by atoms with Gasteiger partial charge in [0.25, 0.3) is 5.91 Å². The Balaban J connectivity index is 1.87. The number of hydrogen-bond donors (Lipinski definition) is 1. The number of nitrogens with two attached hydrogens (primary N) is 1. The number of nitrogens with zero attached hydrogens (tertiary/aromatic N) is 1. The number of benzene rings is 1. The third-order valence-corrected chi connectivity index (χ3v) is 5.00. The van der Waals surface area contributed by atoms with Crippen LogP contribution in [0.2, 0.25) is 0 Å². The molecule has 2 aromatic rings. The van der Waals surface area contributed by atoms with E-state index in [0.717, 1.165) is 23.2 Å². The fourth-order valence-corrected chi connectivity index (χ4v) is 3.84. The maximum atomic E-state index is 12.6. The van der Waals surface area contributed by atoms with E-state index in [1.807, 2.05) is 23.1 Å². The van der Waals surface area contributed by atoms with Crippen molar-refractivity contribution in [1.82, 2.24) is 4.90 Å². The SMILES string of the molecule is CC1CC(CN)CN1C(=O)c1cc2ccccc2s1. The van der Waals surface area contributed by atoms with Gasteiger partial charge in [0.2, 0.25) is 0 Å². The summed E-state index contributed by atoms with van der Waals surface area (Å²) >= 11 is 1.58. The van der Waals surface area contributed by atoms with Gasteiger partial charge >= 0.3 is 0 Å². The second-order valence-electron chi connectivity index (χ2n) is 5.29. The summed E-state index contributed by atoms with van der Waals surface area (Å²) in [5, 5.41) is 1.15. The van der Waals surface area contributed by atoms with Crippen LogP contribution in [0.1, 0.15) is 23.0 Å². The Labute approximate surface area is 117 Å². The Kier molecular flexibility index (Phi) is 3.29. The molecule has 0 saturated carbocycles. The molecule has 3 rings (SSSR count). The Morgan fingerprint density at radius 2 is 2.26 bits per heavy atom. The van der Waals surface area contributed by atoms with E-state index >= 15 is 0 Å². The van der Waals surface area contributed by atoms with E-state index in [9.17, 15) is 4.79 Å². The van der Waals surface area contributed by atoms with E-state index in [2.05, 4.69) is 19.1 Å². The Bertz CT molecular complexity index is 574. The number of fused-ring (bicyclic) bond motifs is 1. The van der Waals surface area contributed by atoms with Crippen molar-refractivity contribution < 1.29 is 4.79 Å². The van der Waals surface area contributed by atoms with Crippen molar-refractivity contribution in [3.05, 3.63) is 35.2 Å². The molecule has 4 heteroatoms. The van der Waals surface area contributed by atoms with Crippen LogP contribution < -0.4 is 5.73 Å². The standard InChI is InChI=1S/C15H18N2OS/c1-10-6-11(8-16)9-17(10)15(18)14-7-12-4-2-3-5-13(12)19-14/h2-5,7,10-11H,6,8-9,16H2,1H3. The topological polar surface area (TPSA) is 46.3 Å². The summed E-state index contributed by atoms with van der Waals surface area (Å²) in [5.74, 6) is 0.609. The smallest absolute Gasteiger partial charge is 0.264 e. The zero-order chi connectivity index (χ0) is 13.4. The Morgan fingerprint density at radius 1 is 1.47 bits per heavy atom. The summed E-state index contributed by atoms with van der Waals surface area (Å²) in [6.45, 7) is 3.58. The molecule has 3 nitrogen and oxygen atoms in total. The van der Waals surface area contributed by atoms with Crippen LogP contribution in [0.5, 0.6) is 0 Å². The molecular weight excluding hydrogens is 256 g/mol. The number of carbonyl (C=O) groups is 1. The lowest BCUT2D eigenvalue weighted by Crippen LogP contribution is -2.33. The van der Waals surface area contributed by atoms with Crippen molar-refractivity contribution in [2.24, 2.45) is 11.7 Å². The fraction of sp³-hybridized carbons (Fsp3) is 0.400. The van der Waals surface area contributed by atoms with Gasteiger partial charge in [0, 0.05) is 17.3 Å². The molecule has 100 valence electrons. The number of amides is 1. The molecule has 1 saturated heterocycles. The molecular formula is C15H18N2OS. The third kappa shape index (κ3) is 2.26. The molecule has 19 heavy (non-hydrogen) atoms. The van der Waals surface area contributed by atoms with Crippen molar-refractivity contribution in [3.63, 3.8) is 0 Å². The number of rotatable bonds is 2. The summed E-state index contributed by atoms with van der Waals surface area (Å²) in [6, 6.07) is 10.4. The lowest BCUT2D eigenvalue weighted by molar-refractivity contribution is 0.0748. The fourth-order valence-electron chi connectivity index (χ4n) is 2.82. The molecule has 0 aliphatic carbocycles. The van der Waals surface area contributed by atoms with Crippen molar-refractivity contribution in [2.45, 2.75) is 19.4 Å². The van der Waals surface area contributed by atoms with Gasteiger partial charge in [-0.1, -0.05) is 18.2 Å². The highest BCUT2D eigenvalue weighted by Crippen LogP contribution is 2.30. The van der Waals surface area contributed by atoms with Gasteiger partial charge in [0.05, 0.1) is 4.88 Å². The highest BCUT2D eigenvalue weighted by atomic mass is 32.1. The van der Waals surface area contributed by atoms with E-state index in [4.69, 9.17) is 5.73 Å². The van der Waals surface area contributed by atoms with Gasteiger partial charge in [-0.15, -0.1) is 11.3 Å². The maximum absolute atomic E-state index is 12.6. The minimum atomic E-state index is 0.157. The highest BCUT2D eigenvalue weighted by molar-refractivity contribution is 7.20. The summed E-state index contributed by atoms with van der Waals surface area (Å²) in [7, 11) is 0. The van der Waals surface area contributed by atoms with E-state index < -0.39 is 0 Å². The molecule has 1 aromatic carbocycles. The second-order valence-corrected chi connectivity index (χ2v) is 6.38. The highest BCUT2D eigenvalue weighted by Gasteiger charge is 2.32. The number of likely N-dealkylation sites (tertiary alicyclic amines) is 1. The first-order chi connectivity index (χ1) is 9.19. The van der Waals surface area contributed by atoms with Crippen LogP contribution in [0.15, 0.2) is 30.3 Å². The molecule has 0 bridgehead atoms. The average molecular weight is 274 g/mol. The van der Waals surface area contributed by atoms with Crippen molar-refractivity contribution in [1.29, 1.82) is 0 Å². The third-order valence-electron chi connectivity index (χ3n) is 3.89. The second kappa shape index (κ2) is 4.94. The van der Waals surface area contributed by atoms with Gasteiger partial charge in [0.15, 0.2) is 0 Å². The quantitative estimate of drug-likeness (QED) is 0.915. The molecule has 2 N–H and O–H groups in total. The average Bonchev–Trinajstić information content (AvgIpc) is 3.01. The molecule has 1 aliphatic heterocycles. The molecule has 0 radical (unpaired) electrons. The molecule has 2 atom stereocenters. The van der Waals surface area contributed by atoms with Gasteiger partial charge in [-0.05, 0) is 43.3 Å². The van der Waals surface area contributed by atoms with E-state index in [-0.39, 0.29) is 5.91 Å². The Hall–Kier alpha value is -1.39. The van der Waals surface area contributed by atoms with Crippen molar-refractivity contribution in [2.75, 3.05) is 13.1 Å². The van der Waals surface area contributed by atoms with Crippen LogP contribution in [-0.2, 0) is 0 Å². The van der Waals surface area contributed by atoms with Gasteiger partial charge in [-0.3, -0.25) is 4.79 Å². The van der Waals surface area contributed by atoms with E-state index in [1.54, 1.807) is 11.3 Å². The summed E-state index contributed by atoms with van der Waals surface area (Å²) < 4.78 is 1.17. The molecule has 1 fully saturated rings. The number of hydrogen-bond acceptors (Lipinski definition) is 3. The monoisotopic (exact) mass is 274 g/mol. The van der Waals surface area contributed by atoms with E-state index in [0.29, 0.717) is 18.5 Å². The zero-order valence-corrected chi connectivity index (χ0v) is 11.8. The number of thiophene rings is 1. The maximum Gasteiger partial charge on any atom is 0.264 e. The largest absolute Gasteiger partial charge is 0.335 e.